The summed E-state index contributed by atoms with van der Waals surface area (Å²) in [5.74, 6) is -0.314. The molecular weight excluding hydrogens is 324 g/mol. The van der Waals surface area contributed by atoms with Crippen LogP contribution in [-0.2, 0) is 9.53 Å². The molecular formula is C15H21BrO4. The lowest BCUT2D eigenvalue weighted by Gasteiger charge is -2.22. The van der Waals surface area contributed by atoms with Gasteiger partial charge in [0.2, 0.25) is 0 Å². The zero-order valence-corrected chi connectivity index (χ0v) is 13.6. The fourth-order valence-electron chi connectivity index (χ4n) is 2.07. The van der Waals surface area contributed by atoms with Gasteiger partial charge in [-0.25, -0.2) is 0 Å². The Hall–Kier alpha value is -1.07. The number of aliphatic hydroxyl groups is 1. The van der Waals surface area contributed by atoms with Crippen molar-refractivity contribution in [3.63, 3.8) is 0 Å². The van der Waals surface area contributed by atoms with Gasteiger partial charge >= 0.3 is 5.97 Å². The molecule has 0 radical (unpaired) electrons. The molecule has 0 heterocycles. The molecule has 0 amide bonds. The van der Waals surface area contributed by atoms with E-state index in [1.165, 1.54) is 7.11 Å². The first-order chi connectivity index (χ1) is 9.54. The number of unbranched alkanes of at least 4 members (excludes halogenated alkanes) is 1. The van der Waals surface area contributed by atoms with E-state index in [1.54, 1.807) is 25.3 Å². The number of esters is 1. The summed E-state index contributed by atoms with van der Waals surface area (Å²) < 4.78 is 10.7. The molecule has 0 aromatic heterocycles. The van der Waals surface area contributed by atoms with Crippen LogP contribution in [0.1, 0.15) is 37.9 Å². The Balaban J connectivity index is 3.03. The van der Waals surface area contributed by atoms with Gasteiger partial charge in [0.05, 0.1) is 26.2 Å². The third-order valence-electron chi connectivity index (χ3n) is 3.28. The van der Waals surface area contributed by atoms with Gasteiger partial charge in [-0.05, 0) is 30.2 Å². The van der Waals surface area contributed by atoms with Crippen molar-refractivity contribution in [2.24, 2.45) is 5.92 Å². The maximum Gasteiger partial charge on any atom is 0.311 e. The van der Waals surface area contributed by atoms with Crippen molar-refractivity contribution in [2.45, 2.75) is 32.3 Å². The Morgan fingerprint density at radius 1 is 1.40 bits per heavy atom. The lowest BCUT2D eigenvalue weighted by Crippen LogP contribution is -2.24. The van der Waals surface area contributed by atoms with Crippen LogP contribution in [0.2, 0.25) is 0 Å². The van der Waals surface area contributed by atoms with Crippen LogP contribution in [0.3, 0.4) is 0 Å². The second kappa shape index (κ2) is 8.27. The summed E-state index contributed by atoms with van der Waals surface area (Å²) >= 11 is 3.40. The van der Waals surface area contributed by atoms with Gasteiger partial charge in [0.25, 0.3) is 0 Å². The van der Waals surface area contributed by atoms with Crippen molar-refractivity contribution in [1.29, 1.82) is 0 Å². The zero-order chi connectivity index (χ0) is 15.1. The molecule has 0 aliphatic rings. The molecule has 2 atom stereocenters. The number of carbonyl (C=O) groups excluding carboxylic acids is 1. The summed E-state index contributed by atoms with van der Waals surface area (Å²) in [7, 11) is 2.91. The number of aliphatic hydroxyl groups excluding tert-OH is 1. The van der Waals surface area contributed by atoms with Gasteiger partial charge in [0, 0.05) is 4.47 Å². The Morgan fingerprint density at radius 3 is 2.65 bits per heavy atom. The van der Waals surface area contributed by atoms with E-state index in [9.17, 15) is 9.90 Å². The Kier molecular flexibility index (Phi) is 7.02. The van der Waals surface area contributed by atoms with Crippen LogP contribution in [0, 0.1) is 5.92 Å². The zero-order valence-electron chi connectivity index (χ0n) is 12.1. The van der Waals surface area contributed by atoms with Gasteiger partial charge < -0.3 is 14.6 Å². The summed E-state index contributed by atoms with van der Waals surface area (Å²) in [5, 5.41) is 10.5. The summed E-state index contributed by atoms with van der Waals surface area (Å²) in [6.07, 6.45) is 1.49. The molecule has 20 heavy (non-hydrogen) atoms. The number of halogens is 1. The summed E-state index contributed by atoms with van der Waals surface area (Å²) in [6, 6.07) is 5.32. The van der Waals surface area contributed by atoms with Crippen LogP contribution in [0.4, 0.5) is 0 Å². The van der Waals surface area contributed by atoms with Crippen molar-refractivity contribution in [3.05, 3.63) is 28.2 Å². The molecule has 1 N–H and O–H groups in total. The minimum atomic E-state index is -0.918. The maximum absolute atomic E-state index is 11.9. The van der Waals surface area contributed by atoms with Crippen molar-refractivity contribution >= 4 is 21.9 Å². The minimum Gasteiger partial charge on any atom is -0.497 e. The lowest BCUT2D eigenvalue weighted by molar-refractivity contribution is -0.150. The highest BCUT2D eigenvalue weighted by Crippen LogP contribution is 2.34. The fourth-order valence-corrected chi connectivity index (χ4v) is 2.55. The SMILES string of the molecule is CCCCC(C(=O)OC)C(O)c1cc(OC)ccc1Br. The van der Waals surface area contributed by atoms with Crippen LogP contribution in [0.25, 0.3) is 0 Å². The van der Waals surface area contributed by atoms with Gasteiger partial charge in [-0.2, -0.15) is 0 Å². The molecule has 5 heteroatoms. The highest BCUT2D eigenvalue weighted by molar-refractivity contribution is 9.10. The summed E-state index contributed by atoms with van der Waals surface area (Å²) in [6.45, 7) is 2.04. The quantitative estimate of drug-likeness (QED) is 0.769. The Labute approximate surface area is 128 Å². The smallest absolute Gasteiger partial charge is 0.311 e. The van der Waals surface area contributed by atoms with E-state index >= 15 is 0 Å². The highest BCUT2D eigenvalue weighted by atomic mass is 79.9. The summed E-state index contributed by atoms with van der Waals surface area (Å²) in [5.41, 5.74) is 0.635. The molecule has 0 fully saturated rings. The monoisotopic (exact) mass is 344 g/mol. The number of carbonyl (C=O) groups is 1. The molecule has 0 aliphatic carbocycles. The molecule has 0 saturated heterocycles. The molecule has 1 aromatic carbocycles. The first kappa shape index (κ1) is 17.0. The van der Waals surface area contributed by atoms with Gasteiger partial charge in [0.15, 0.2) is 0 Å². The van der Waals surface area contributed by atoms with E-state index in [4.69, 9.17) is 9.47 Å². The topological polar surface area (TPSA) is 55.8 Å². The molecule has 0 aliphatic heterocycles. The first-order valence-electron chi connectivity index (χ1n) is 6.64. The van der Waals surface area contributed by atoms with Crippen LogP contribution >= 0.6 is 15.9 Å². The van der Waals surface area contributed by atoms with Crippen LogP contribution < -0.4 is 4.74 Å². The second-order valence-corrected chi connectivity index (χ2v) is 5.46. The van der Waals surface area contributed by atoms with E-state index in [1.807, 2.05) is 6.92 Å². The number of methoxy groups -OCH3 is 2. The van der Waals surface area contributed by atoms with E-state index in [0.717, 1.165) is 17.3 Å². The average Bonchev–Trinajstić information content (AvgIpc) is 2.47. The fraction of sp³-hybridized carbons (Fsp3) is 0.533. The number of ether oxygens (including phenoxy) is 2. The van der Waals surface area contributed by atoms with E-state index in [-0.39, 0.29) is 5.97 Å². The first-order valence-corrected chi connectivity index (χ1v) is 7.43. The number of rotatable bonds is 7. The lowest BCUT2D eigenvalue weighted by atomic mass is 9.91. The standard InChI is InChI=1S/C15H21BrO4/c1-4-5-6-11(15(18)20-3)14(17)12-9-10(19-2)7-8-13(12)16/h7-9,11,14,17H,4-6H2,1-3H3. The van der Waals surface area contributed by atoms with Crippen LogP contribution in [-0.4, -0.2) is 25.3 Å². The normalized spacial score (nSPS) is 13.7. The van der Waals surface area contributed by atoms with Gasteiger partial charge in [-0.1, -0.05) is 35.7 Å². The Morgan fingerprint density at radius 2 is 2.10 bits per heavy atom. The molecule has 112 valence electrons. The maximum atomic E-state index is 11.9. The van der Waals surface area contributed by atoms with E-state index in [2.05, 4.69) is 15.9 Å². The van der Waals surface area contributed by atoms with Crippen molar-refractivity contribution in [2.75, 3.05) is 14.2 Å². The van der Waals surface area contributed by atoms with Crippen LogP contribution in [0.5, 0.6) is 5.75 Å². The van der Waals surface area contributed by atoms with Crippen molar-refractivity contribution in [3.8, 4) is 5.75 Å². The highest BCUT2D eigenvalue weighted by Gasteiger charge is 2.29. The predicted octanol–water partition coefficient (Wildman–Crippen LogP) is 3.47. The molecule has 1 rings (SSSR count). The van der Waals surface area contributed by atoms with Gasteiger partial charge in [0.1, 0.15) is 5.75 Å². The van der Waals surface area contributed by atoms with E-state index < -0.39 is 12.0 Å². The van der Waals surface area contributed by atoms with Gasteiger partial charge in [-0.3, -0.25) is 4.79 Å². The third-order valence-corrected chi connectivity index (χ3v) is 4.00. The molecule has 2 unspecified atom stereocenters. The minimum absolute atomic E-state index is 0.388. The average molecular weight is 345 g/mol. The van der Waals surface area contributed by atoms with E-state index in [0.29, 0.717) is 17.7 Å². The number of benzene rings is 1. The van der Waals surface area contributed by atoms with Crippen molar-refractivity contribution in [1.82, 2.24) is 0 Å². The molecule has 0 bridgehead atoms. The Bertz CT molecular complexity index is 447. The second-order valence-electron chi connectivity index (χ2n) is 4.60. The molecule has 1 aromatic rings. The molecule has 4 nitrogen and oxygen atoms in total. The molecule has 0 spiro atoms. The van der Waals surface area contributed by atoms with Crippen LogP contribution in [0.15, 0.2) is 22.7 Å². The largest absolute Gasteiger partial charge is 0.497 e. The number of hydrogen-bond donors (Lipinski definition) is 1. The van der Waals surface area contributed by atoms with Crippen molar-refractivity contribution < 1.29 is 19.4 Å². The predicted molar refractivity (Wildman–Crippen MR) is 80.7 cm³/mol. The van der Waals surface area contributed by atoms with Gasteiger partial charge in [-0.15, -0.1) is 0 Å². The summed E-state index contributed by atoms with van der Waals surface area (Å²) in [4.78, 5) is 11.9. The molecule has 0 saturated carbocycles. The number of hydrogen-bond acceptors (Lipinski definition) is 4. The third kappa shape index (κ3) is 4.21.